The van der Waals surface area contributed by atoms with Crippen LogP contribution in [-0.2, 0) is 4.79 Å². The van der Waals surface area contributed by atoms with Crippen molar-refractivity contribution in [1.29, 1.82) is 0 Å². The van der Waals surface area contributed by atoms with Crippen molar-refractivity contribution in [3.8, 4) is 5.75 Å². The van der Waals surface area contributed by atoms with Gasteiger partial charge in [-0.05, 0) is 56.0 Å². The second-order valence-corrected chi connectivity index (χ2v) is 9.50. The zero-order valence-electron chi connectivity index (χ0n) is 18.9. The predicted octanol–water partition coefficient (Wildman–Crippen LogP) is 3.44. The van der Waals surface area contributed by atoms with E-state index in [4.69, 9.17) is 4.74 Å². The lowest BCUT2D eigenvalue weighted by Gasteiger charge is -2.35. The van der Waals surface area contributed by atoms with Crippen molar-refractivity contribution < 1.29 is 14.3 Å². The molecule has 1 N–H and O–H groups in total. The van der Waals surface area contributed by atoms with Crippen LogP contribution < -0.4 is 10.1 Å². The molecule has 1 unspecified atom stereocenters. The molecule has 2 saturated heterocycles. The number of piperidine rings is 2. The van der Waals surface area contributed by atoms with Crippen LogP contribution in [0.15, 0.2) is 36.4 Å². The van der Waals surface area contributed by atoms with Crippen LogP contribution in [0.25, 0.3) is 10.8 Å². The molecule has 1 atom stereocenters. The Balaban J connectivity index is 1.23. The van der Waals surface area contributed by atoms with Crippen molar-refractivity contribution >= 4 is 22.6 Å². The van der Waals surface area contributed by atoms with Crippen molar-refractivity contribution in [3.63, 3.8) is 0 Å². The van der Waals surface area contributed by atoms with E-state index in [1.165, 1.54) is 12.8 Å². The molecule has 2 heterocycles. The molecule has 2 amide bonds. The molecule has 2 aromatic carbocycles. The van der Waals surface area contributed by atoms with Crippen LogP contribution in [-0.4, -0.2) is 67.0 Å². The van der Waals surface area contributed by atoms with Gasteiger partial charge in [-0.2, -0.15) is 0 Å². The summed E-state index contributed by atoms with van der Waals surface area (Å²) in [6, 6.07) is 12.6. The second kappa shape index (κ2) is 9.10. The second-order valence-electron chi connectivity index (χ2n) is 9.50. The van der Waals surface area contributed by atoms with Gasteiger partial charge < -0.3 is 19.9 Å². The maximum Gasteiger partial charge on any atom is 0.254 e. The Hall–Kier alpha value is -2.60. The van der Waals surface area contributed by atoms with Gasteiger partial charge in [0.05, 0.1) is 13.0 Å². The van der Waals surface area contributed by atoms with Crippen molar-refractivity contribution in [2.45, 2.75) is 50.6 Å². The minimum atomic E-state index is -0.126. The first-order chi connectivity index (χ1) is 15.6. The number of ether oxygens (including phenoxy) is 1. The lowest BCUT2D eigenvalue weighted by atomic mass is 9.94. The SMILES string of the molecule is COc1ccc(C(=O)N2CCCC(C(=O)NC3CCN(C4CC4)CC3)C2)c2ccccc12. The van der Waals surface area contributed by atoms with E-state index in [2.05, 4.69) is 10.2 Å². The number of methoxy groups -OCH3 is 1. The average molecular weight is 436 g/mol. The Bertz CT molecular complexity index is 995. The molecule has 0 spiro atoms. The summed E-state index contributed by atoms with van der Waals surface area (Å²) in [5.41, 5.74) is 0.676. The fourth-order valence-corrected chi connectivity index (χ4v) is 5.35. The monoisotopic (exact) mass is 435 g/mol. The van der Waals surface area contributed by atoms with Crippen LogP contribution in [0.5, 0.6) is 5.75 Å². The minimum absolute atomic E-state index is 0.000838. The number of benzene rings is 2. The molecule has 6 nitrogen and oxygen atoms in total. The standard InChI is InChI=1S/C26H33N3O3/c1-32-24-11-10-23(21-6-2-3-7-22(21)24)26(31)29-14-4-5-18(17-29)25(30)27-19-12-15-28(16-13-19)20-8-9-20/h2-3,6-7,10-11,18-20H,4-5,8-9,12-17H2,1H3,(H,27,30). The Kier molecular flexibility index (Phi) is 6.05. The molecule has 0 bridgehead atoms. The van der Waals surface area contributed by atoms with Crippen LogP contribution in [0.2, 0.25) is 0 Å². The first-order valence-electron chi connectivity index (χ1n) is 12.0. The third-order valence-electron chi connectivity index (χ3n) is 7.35. The predicted molar refractivity (Wildman–Crippen MR) is 125 cm³/mol. The highest BCUT2D eigenvalue weighted by Gasteiger charge is 2.34. The molecule has 1 saturated carbocycles. The molecule has 3 fully saturated rings. The van der Waals surface area contributed by atoms with Gasteiger partial charge in [0.1, 0.15) is 5.75 Å². The third-order valence-corrected chi connectivity index (χ3v) is 7.35. The molecule has 0 radical (unpaired) electrons. The molecule has 5 rings (SSSR count). The molecular weight excluding hydrogens is 402 g/mol. The van der Waals surface area contributed by atoms with Crippen LogP contribution in [0.1, 0.15) is 48.9 Å². The van der Waals surface area contributed by atoms with Gasteiger partial charge in [-0.1, -0.05) is 24.3 Å². The van der Waals surface area contributed by atoms with Crippen LogP contribution in [0.3, 0.4) is 0 Å². The highest BCUT2D eigenvalue weighted by Crippen LogP contribution is 2.31. The lowest BCUT2D eigenvalue weighted by molar-refractivity contribution is -0.127. The molecular formula is C26H33N3O3. The zero-order valence-corrected chi connectivity index (χ0v) is 18.9. The number of rotatable bonds is 5. The van der Waals surface area contributed by atoms with Gasteiger partial charge in [-0.25, -0.2) is 0 Å². The minimum Gasteiger partial charge on any atom is -0.496 e. The number of fused-ring (bicyclic) bond motifs is 1. The zero-order chi connectivity index (χ0) is 22.1. The molecule has 3 aliphatic rings. The van der Waals surface area contributed by atoms with Crippen molar-refractivity contribution in [2.24, 2.45) is 5.92 Å². The average Bonchev–Trinajstić information content (AvgIpc) is 3.69. The molecule has 1 aliphatic carbocycles. The molecule has 6 heteroatoms. The number of nitrogens with zero attached hydrogens (tertiary/aromatic N) is 2. The lowest BCUT2D eigenvalue weighted by Crippen LogP contribution is -2.50. The summed E-state index contributed by atoms with van der Waals surface area (Å²) in [4.78, 5) is 30.9. The maximum atomic E-state index is 13.4. The quantitative estimate of drug-likeness (QED) is 0.782. The smallest absolute Gasteiger partial charge is 0.254 e. The van der Waals surface area contributed by atoms with Gasteiger partial charge in [0.15, 0.2) is 0 Å². The number of carbonyl (C=O) groups excluding carboxylic acids is 2. The Labute approximate surface area is 189 Å². The highest BCUT2D eigenvalue weighted by molar-refractivity contribution is 6.08. The first kappa shape index (κ1) is 21.3. The summed E-state index contributed by atoms with van der Waals surface area (Å²) >= 11 is 0. The van der Waals surface area contributed by atoms with E-state index in [-0.39, 0.29) is 23.8 Å². The fraction of sp³-hybridized carbons (Fsp3) is 0.538. The van der Waals surface area contributed by atoms with Gasteiger partial charge in [0.2, 0.25) is 5.91 Å². The molecule has 2 aromatic rings. The topological polar surface area (TPSA) is 61.9 Å². The van der Waals surface area contributed by atoms with Crippen LogP contribution in [0, 0.1) is 5.92 Å². The van der Waals surface area contributed by atoms with Gasteiger partial charge in [-0.3, -0.25) is 9.59 Å². The largest absolute Gasteiger partial charge is 0.496 e. The van der Waals surface area contributed by atoms with E-state index in [1.807, 2.05) is 41.3 Å². The Morgan fingerprint density at radius 3 is 2.41 bits per heavy atom. The Morgan fingerprint density at radius 2 is 1.69 bits per heavy atom. The van der Waals surface area contributed by atoms with Crippen molar-refractivity contribution in [2.75, 3.05) is 33.3 Å². The third kappa shape index (κ3) is 4.33. The van der Waals surface area contributed by atoms with Gasteiger partial charge >= 0.3 is 0 Å². The summed E-state index contributed by atoms with van der Waals surface area (Å²) in [5.74, 6) is 0.755. The van der Waals surface area contributed by atoms with E-state index < -0.39 is 0 Å². The maximum absolute atomic E-state index is 13.4. The molecule has 32 heavy (non-hydrogen) atoms. The Morgan fingerprint density at radius 1 is 0.938 bits per heavy atom. The van der Waals surface area contributed by atoms with Gasteiger partial charge in [-0.15, -0.1) is 0 Å². The number of amides is 2. The summed E-state index contributed by atoms with van der Waals surface area (Å²) in [5, 5.41) is 5.12. The summed E-state index contributed by atoms with van der Waals surface area (Å²) < 4.78 is 5.47. The molecule has 170 valence electrons. The number of nitrogens with one attached hydrogen (secondary N) is 1. The van der Waals surface area contributed by atoms with Crippen LogP contribution in [0.4, 0.5) is 0 Å². The normalized spacial score (nSPS) is 22.7. The molecule has 0 aromatic heterocycles. The number of carbonyl (C=O) groups is 2. The highest BCUT2D eigenvalue weighted by atomic mass is 16.5. The van der Waals surface area contributed by atoms with E-state index in [1.54, 1.807) is 7.11 Å². The first-order valence-corrected chi connectivity index (χ1v) is 12.0. The van der Waals surface area contributed by atoms with Gasteiger partial charge in [0, 0.05) is 49.2 Å². The molecule has 2 aliphatic heterocycles. The van der Waals surface area contributed by atoms with E-state index in [0.717, 1.165) is 61.3 Å². The summed E-state index contributed by atoms with van der Waals surface area (Å²) in [7, 11) is 1.65. The summed E-state index contributed by atoms with van der Waals surface area (Å²) in [6.07, 6.45) is 6.46. The summed E-state index contributed by atoms with van der Waals surface area (Å²) in [6.45, 7) is 3.37. The van der Waals surface area contributed by atoms with Gasteiger partial charge in [0.25, 0.3) is 5.91 Å². The van der Waals surface area contributed by atoms with E-state index >= 15 is 0 Å². The number of likely N-dealkylation sites (tertiary alicyclic amines) is 2. The van der Waals surface area contributed by atoms with Crippen LogP contribution >= 0.6 is 0 Å². The number of hydrogen-bond donors (Lipinski definition) is 1. The number of hydrogen-bond acceptors (Lipinski definition) is 4. The van der Waals surface area contributed by atoms with Crippen molar-refractivity contribution in [3.05, 3.63) is 42.0 Å². The fourth-order valence-electron chi connectivity index (χ4n) is 5.35. The van der Waals surface area contributed by atoms with E-state index in [9.17, 15) is 9.59 Å². The van der Waals surface area contributed by atoms with E-state index in [0.29, 0.717) is 18.7 Å². The van der Waals surface area contributed by atoms with Crippen molar-refractivity contribution in [1.82, 2.24) is 15.1 Å².